The highest BCUT2D eigenvalue weighted by atomic mass is 16.3. The van der Waals surface area contributed by atoms with Crippen LogP contribution >= 0.6 is 0 Å². The Morgan fingerprint density at radius 3 is 1.85 bits per heavy atom. The van der Waals surface area contributed by atoms with Gasteiger partial charge in [-0.15, -0.1) is 0 Å². The second-order valence-corrected chi connectivity index (χ2v) is 8.98. The summed E-state index contributed by atoms with van der Waals surface area (Å²) in [6.07, 6.45) is 3.63. The Bertz CT molecular complexity index is 385. The summed E-state index contributed by atoms with van der Waals surface area (Å²) < 4.78 is 0. The number of carbonyl (C=O) groups excluding carboxylic acids is 1. The van der Waals surface area contributed by atoms with E-state index in [2.05, 4.69) is 46.9 Å². The minimum absolute atomic E-state index is 0.0637. The first-order valence-corrected chi connectivity index (χ1v) is 7.92. The fourth-order valence-electron chi connectivity index (χ4n) is 3.77. The van der Waals surface area contributed by atoms with E-state index in [-0.39, 0.29) is 22.7 Å². The highest BCUT2D eigenvalue weighted by Crippen LogP contribution is 2.68. The lowest BCUT2D eigenvalue weighted by atomic mass is 9.71. The highest BCUT2D eigenvalue weighted by Gasteiger charge is 2.68. The molecule has 2 saturated carbocycles. The van der Waals surface area contributed by atoms with E-state index in [4.69, 9.17) is 0 Å². The van der Waals surface area contributed by atoms with Crippen molar-refractivity contribution in [1.29, 1.82) is 0 Å². The number of aliphatic hydroxyl groups is 1. The van der Waals surface area contributed by atoms with Crippen LogP contribution in [0.1, 0.15) is 67.2 Å². The van der Waals surface area contributed by atoms with Gasteiger partial charge in [0.05, 0.1) is 5.60 Å². The summed E-state index contributed by atoms with van der Waals surface area (Å²) in [7, 11) is 0. The maximum absolute atomic E-state index is 12.3. The Hall–Kier alpha value is -0.570. The predicted octanol–water partition coefficient (Wildman–Crippen LogP) is 3.12. The van der Waals surface area contributed by atoms with Gasteiger partial charge in [-0.3, -0.25) is 4.79 Å². The highest BCUT2D eigenvalue weighted by molar-refractivity contribution is 5.84. The van der Waals surface area contributed by atoms with Gasteiger partial charge in [-0.25, -0.2) is 0 Å². The van der Waals surface area contributed by atoms with E-state index in [0.29, 0.717) is 12.0 Å². The molecule has 0 radical (unpaired) electrons. The lowest BCUT2D eigenvalue weighted by Crippen LogP contribution is -2.47. The average Bonchev–Trinajstić information content (AvgIpc) is 2.72. The zero-order valence-electron chi connectivity index (χ0n) is 14.0. The molecule has 0 heterocycles. The molecule has 0 bridgehead atoms. The van der Waals surface area contributed by atoms with Crippen LogP contribution in [0.3, 0.4) is 0 Å². The third-order valence-corrected chi connectivity index (χ3v) is 6.41. The molecule has 0 atom stereocenters. The largest absolute Gasteiger partial charge is 0.388 e. The fourth-order valence-corrected chi connectivity index (χ4v) is 3.77. The van der Waals surface area contributed by atoms with Crippen molar-refractivity contribution in [3.05, 3.63) is 0 Å². The van der Waals surface area contributed by atoms with E-state index in [1.54, 1.807) is 0 Å². The zero-order valence-corrected chi connectivity index (χ0v) is 14.0. The molecule has 3 nitrogen and oxygen atoms in total. The smallest absolute Gasteiger partial charge is 0.224 e. The van der Waals surface area contributed by atoms with Crippen molar-refractivity contribution >= 4 is 5.91 Å². The molecule has 2 rings (SSSR count). The van der Waals surface area contributed by atoms with Crippen LogP contribution in [0.4, 0.5) is 0 Å². The van der Waals surface area contributed by atoms with E-state index in [0.717, 1.165) is 25.7 Å². The first-order chi connectivity index (χ1) is 8.91. The van der Waals surface area contributed by atoms with Crippen molar-refractivity contribution < 1.29 is 9.90 Å². The van der Waals surface area contributed by atoms with Crippen molar-refractivity contribution in [3.63, 3.8) is 0 Å². The molecule has 0 aromatic rings. The predicted molar refractivity (Wildman–Crippen MR) is 81.3 cm³/mol. The molecular weight excluding hydrogens is 250 g/mol. The van der Waals surface area contributed by atoms with E-state index in [1.807, 2.05) is 0 Å². The second kappa shape index (κ2) is 4.46. The van der Waals surface area contributed by atoms with Crippen LogP contribution in [-0.4, -0.2) is 23.2 Å². The number of hydrogen-bond acceptors (Lipinski definition) is 2. The minimum atomic E-state index is -0.700. The van der Waals surface area contributed by atoms with Crippen molar-refractivity contribution in [1.82, 2.24) is 5.32 Å². The zero-order chi connectivity index (χ0) is 15.4. The van der Waals surface area contributed by atoms with Crippen molar-refractivity contribution in [3.8, 4) is 0 Å². The van der Waals surface area contributed by atoms with Crippen LogP contribution in [0, 0.1) is 22.2 Å². The van der Waals surface area contributed by atoms with Crippen molar-refractivity contribution in [2.75, 3.05) is 6.54 Å². The maximum atomic E-state index is 12.3. The Balaban J connectivity index is 1.86. The number of carbonyl (C=O) groups is 1. The van der Waals surface area contributed by atoms with Gasteiger partial charge in [0.15, 0.2) is 0 Å². The molecular formula is C17H31NO2. The van der Waals surface area contributed by atoms with E-state index >= 15 is 0 Å². The van der Waals surface area contributed by atoms with Gasteiger partial charge in [-0.2, -0.15) is 0 Å². The van der Waals surface area contributed by atoms with Crippen LogP contribution < -0.4 is 5.32 Å². The molecule has 20 heavy (non-hydrogen) atoms. The molecule has 116 valence electrons. The molecule has 0 aliphatic heterocycles. The second-order valence-electron chi connectivity index (χ2n) is 8.98. The quantitative estimate of drug-likeness (QED) is 0.835. The molecule has 0 spiro atoms. The van der Waals surface area contributed by atoms with Crippen LogP contribution in [0.25, 0.3) is 0 Å². The number of hydrogen-bond donors (Lipinski definition) is 2. The summed E-state index contributed by atoms with van der Waals surface area (Å²) >= 11 is 0. The Labute approximate surface area is 123 Å². The van der Waals surface area contributed by atoms with Gasteiger partial charge < -0.3 is 10.4 Å². The van der Waals surface area contributed by atoms with Gasteiger partial charge in [0.25, 0.3) is 0 Å². The van der Waals surface area contributed by atoms with Gasteiger partial charge >= 0.3 is 0 Å². The summed E-state index contributed by atoms with van der Waals surface area (Å²) in [5.74, 6) is 0.178. The summed E-state index contributed by atoms with van der Waals surface area (Å²) in [5, 5.41) is 13.6. The van der Waals surface area contributed by atoms with E-state index in [1.165, 1.54) is 0 Å². The van der Waals surface area contributed by atoms with Crippen molar-refractivity contribution in [2.45, 2.75) is 72.8 Å². The molecule has 2 aliphatic carbocycles. The molecule has 1 amide bonds. The minimum Gasteiger partial charge on any atom is -0.388 e. The summed E-state index contributed by atoms with van der Waals surface area (Å²) in [6.45, 7) is 13.5. The molecule has 0 unspecified atom stereocenters. The topological polar surface area (TPSA) is 49.3 Å². The summed E-state index contributed by atoms with van der Waals surface area (Å²) in [4.78, 5) is 12.3. The molecule has 3 heteroatoms. The molecule has 2 N–H and O–H groups in total. The first kappa shape index (κ1) is 15.8. The van der Waals surface area contributed by atoms with Crippen LogP contribution in [0.2, 0.25) is 0 Å². The Kier molecular flexibility index (Phi) is 3.53. The lowest BCUT2D eigenvalue weighted by molar-refractivity contribution is -0.125. The van der Waals surface area contributed by atoms with Crippen molar-refractivity contribution in [2.24, 2.45) is 22.2 Å². The Morgan fingerprint density at radius 2 is 1.45 bits per heavy atom. The van der Waals surface area contributed by atoms with E-state index < -0.39 is 5.60 Å². The normalized spacial score (nSPS) is 29.8. The Morgan fingerprint density at radius 1 is 1.00 bits per heavy atom. The van der Waals surface area contributed by atoms with Gasteiger partial charge in [0.2, 0.25) is 5.91 Å². The van der Waals surface area contributed by atoms with Gasteiger partial charge in [0.1, 0.15) is 0 Å². The number of nitrogens with one attached hydrogen (secondary N) is 1. The maximum Gasteiger partial charge on any atom is 0.224 e. The summed E-state index contributed by atoms with van der Waals surface area (Å²) in [6, 6.07) is 0. The third-order valence-electron chi connectivity index (χ3n) is 6.41. The average molecular weight is 281 g/mol. The molecule has 0 aromatic heterocycles. The number of rotatable bonds is 3. The molecule has 0 aromatic carbocycles. The van der Waals surface area contributed by atoms with Gasteiger partial charge in [0, 0.05) is 12.5 Å². The standard InChI is InChI=1S/C17H31NO2/c1-14(2)7-9-17(20,10-8-14)11-18-13(19)12-15(3,4)16(12,5)6/h12,20H,7-11H2,1-6H3,(H,18,19). The fraction of sp³-hybridized carbons (Fsp3) is 0.941. The van der Waals surface area contributed by atoms with E-state index in [9.17, 15) is 9.90 Å². The van der Waals surface area contributed by atoms with Gasteiger partial charge in [-0.1, -0.05) is 41.5 Å². The van der Waals surface area contributed by atoms with Gasteiger partial charge in [-0.05, 0) is 41.9 Å². The third kappa shape index (κ3) is 2.61. The lowest BCUT2D eigenvalue weighted by Gasteiger charge is -2.40. The monoisotopic (exact) mass is 281 g/mol. The summed E-state index contributed by atoms with van der Waals surface area (Å²) in [5.41, 5.74) is -0.242. The SMILES string of the molecule is CC1(C)CCC(O)(CNC(=O)C2C(C)(C)C2(C)C)CC1. The molecule has 2 fully saturated rings. The number of amides is 1. The first-order valence-electron chi connectivity index (χ1n) is 7.92. The molecule has 0 saturated heterocycles. The van der Waals surface area contributed by atoms with Crippen LogP contribution in [-0.2, 0) is 4.79 Å². The van der Waals surface area contributed by atoms with Crippen LogP contribution in [0.15, 0.2) is 0 Å². The van der Waals surface area contributed by atoms with Crippen LogP contribution in [0.5, 0.6) is 0 Å². The molecule has 2 aliphatic rings.